The van der Waals surface area contributed by atoms with Gasteiger partial charge in [-0.05, 0) is 25.1 Å². The molecule has 0 spiro atoms. The monoisotopic (exact) mass is 286 g/mol. The SMILES string of the molecule is CCN1CCOC(C(N)Cc2c(F)cccc2Cl)C1. The van der Waals surface area contributed by atoms with Gasteiger partial charge in [-0.3, -0.25) is 4.90 Å². The van der Waals surface area contributed by atoms with Crippen LogP contribution in [0, 0.1) is 5.82 Å². The van der Waals surface area contributed by atoms with E-state index in [2.05, 4.69) is 11.8 Å². The third kappa shape index (κ3) is 3.66. The minimum absolute atomic E-state index is 0.0654. The van der Waals surface area contributed by atoms with E-state index in [1.165, 1.54) is 6.07 Å². The Balaban J connectivity index is 2.02. The van der Waals surface area contributed by atoms with Gasteiger partial charge < -0.3 is 10.5 Å². The summed E-state index contributed by atoms with van der Waals surface area (Å²) in [6.07, 6.45) is 0.331. The predicted molar refractivity (Wildman–Crippen MR) is 74.9 cm³/mol. The van der Waals surface area contributed by atoms with Gasteiger partial charge in [0.1, 0.15) is 5.82 Å². The second-order valence-corrected chi connectivity index (χ2v) is 5.28. The summed E-state index contributed by atoms with van der Waals surface area (Å²) >= 11 is 6.02. The zero-order valence-corrected chi connectivity index (χ0v) is 11.9. The highest BCUT2D eigenvalue weighted by atomic mass is 35.5. The zero-order chi connectivity index (χ0) is 13.8. The first-order chi connectivity index (χ1) is 9.11. The molecule has 3 nitrogen and oxygen atoms in total. The maximum Gasteiger partial charge on any atom is 0.127 e. The molecule has 106 valence electrons. The lowest BCUT2D eigenvalue weighted by molar-refractivity contribution is -0.0386. The molecule has 0 bridgehead atoms. The maximum atomic E-state index is 13.7. The van der Waals surface area contributed by atoms with Gasteiger partial charge in [0.15, 0.2) is 0 Å². The van der Waals surface area contributed by atoms with Gasteiger partial charge in [-0.2, -0.15) is 0 Å². The van der Waals surface area contributed by atoms with E-state index in [1.54, 1.807) is 12.1 Å². The molecule has 2 rings (SSSR count). The average Bonchev–Trinajstić information content (AvgIpc) is 2.43. The van der Waals surface area contributed by atoms with Crippen LogP contribution >= 0.6 is 11.6 Å². The van der Waals surface area contributed by atoms with Crippen LogP contribution < -0.4 is 5.73 Å². The summed E-state index contributed by atoms with van der Waals surface area (Å²) in [4.78, 5) is 2.29. The third-order valence-corrected chi connectivity index (χ3v) is 3.96. The average molecular weight is 287 g/mol. The number of ether oxygens (including phenoxy) is 1. The Morgan fingerprint density at radius 2 is 2.37 bits per heavy atom. The number of likely N-dealkylation sites (N-methyl/N-ethyl adjacent to an activating group) is 1. The van der Waals surface area contributed by atoms with E-state index in [9.17, 15) is 4.39 Å². The van der Waals surface area contributed by atoms with Crippen LogP contribution in [0.15, 0.2) is 18.2 Å². The van der Waals surface area contributed by atoms with Crippen molar-refractivity contribution >= 4 is 11.6 Å². The summed E-state index contributed by atoms with van der Waals surface area (Å²) < 4.78 is 19.4. The Morgan fingerprint density at radius 3 is 3.05 bits per heavy atom. The van der Waals surface area contributed by atoms with Crippen LogP contribution in [0.4, 0.5) is 4.39 Å². The van der Waals surface area contributed by atoms with Gasteiger partial charge in [0.05, 0.1) is 12.7 Å². The van der Waals surface area contributed by atoms with Crippen molar-refractivity contribution in [3.05, 3.63) is 34.6 Å². The molecule has 2 unspecified atom stereocenters. The molecule has 0 radical (unpaired) electrons. The van der Waals surface area contributed by atoms with E-state index in [0.29, 0.717) is 23.6 Å². The Morgan fingerprint density at radius 1 is 1.58 bits per heavy atom. The van der Waals surface area contributed by atoms with Gasteiger partial charge in [-0.25, -0.2) is 4.39 Å². The molecule has 1 aliphatic rings. The summed E-state index contributed by atoms with van der Waals surface area (Å²) in [5, 5.41) is 0.429. The number of hydrogen-bond acceptors (Lipinski definition) is 3. The van der Waals surface area contributed by atoms with Crippen molar-refractivity contribution in [3.63, 3.8) is 0 Å². The first-order valence-corrected chi connectivity index (χ1v) is 7.02. The Labute approximate surface area is 118 Å². The number of morpholine rings is 1. The molecular formula is C14H20ClFN2O. The molecule has 0 amide bonds. The Hall–Kier alpha value is -0.680. The molecule has 1 aromatic rings. The van der Waals surface area contributed by atoms with Gasteiger partial charge in [0.2, 0.25) is 0 Å². The molecule has 2 atom stereocenters. The van der Waals surface area contributed by atoms with E-state index in [0.717, 1.165) is 19.6 Å². The number of nitrogens with two attached hydrogens (primary N) is 1. The smallest absolute Gasteiger partial charge is 0.127 e. The normalized spacial score (nSPS) is 22.4. The third-order valence-electron chi connectivity index (χ3n) is 3.60. The molecule has 0 aromatic heterocycles. The molecule has 19 heavy (non-hydrogen) atoms. The van der Waals surface area contributed by atoms with E-state index in [4.69, 9.17) is 22.1 Å². The summed E-state index contributed by atoms with van der Waals surface area (Å²) in [5.41, 5.74) is 6.64. The van der Waals surface area contributed by atoms with Crippen LogP contribution in [0.3, 0.4) is 0 Å². The van der Waals surface area contributed by atoms with Gasteiger partial charge in [-0.1, -0.05) is 24.6 Å². The largest absolute Gasteiger partial charge is 0.374 e. The van der Waals surface area contributed by atoms with Crippen molar-refractivity contribution in [1.29, 1.82) is 0 Å². The van der Waals surface area contributed by atoms with Crippen molar-refractivity contribution in [2.24, 2.45) is 5.73 Å². The highest BCUT2D eigenvalue weighted by Gasteiger charge is 2.26. The maximum absolute atomic E-state index is 13.7. The van der Waals surface area contributed by atoms with Crippen molar-refractivity contribution in [2.75, 3.05) is 26.2 Å². The number of halogens is 2. The fraction of sp³-hybridized carbons (Fsp3) is 0.571. The fourth-order valence-corrected chi connectivity index (χ4v) is 2.61. The molecular weight excluding hydrogens is 267 g/mol. The molecule has 2 N–H and O–H groups in total. The summed E-state index contributed by atoms with van der Waals surface area (Å²) in [5.74, 6) is -0.300. The molecule has 1 aliphatic heterocycles. The van der Waals surface area contributed by atoms with Crippen LogP contribution in [-0.2, 0) is 11.2 Å². The van der Waals surface area contributed by atoms with Crippen molar-refractivity contribution < 1.29 is 9.13 Å². The second-order valence-electron chi connectivity index (χ2n) is 4.87. The highest BCUT2D eigenvalue weighted by Crippen LogP contribution is 2.22. The summed E-state index contributed by atoms with van der Waals surface area (Å²) in [7, 11) is 0. The van der Waals surface area contributed by atoms with E-state index >= 15 is 0 Å². The quantitative estimate of drug-likeness (QED) is 0.921. The summed E-state index contributed by atoms with van der Waals surface area (Å²) in [6.45, 7) is 5.50. The van der Waals surface area contributed by atoms with Crippen LogP contribution in [0.1, 0.15) is 12.5 Å². The first-order valence-electron chi connectivity index (χ1n) is 6.64. The van der Waals surface area contributed by atoms with Gasteiger partial charge in [0.25, 0.3) is 0 Å². The van der Waals surface area contributed by atoms with Crippen LogP contribution in [0.25, 0.3) is 0 Å². The lowest BCUT2D eigenvalue weighted by atomic mass is 10.0. The Bertz CT molecular complexity index is 410. The number of nitrogens with zero attached hydrogens (tertiary/aromatic N) is 1. The standard InChI is InChI=1S/C14H20ClFN2O/c1-2-18-6-7-19-14(9-18)13(17)8-10-11(15)4-3-5-12(10)16/h3-5,13-14H,2,6-9,17H2,1H3. The molecule has 1 fully saturated rings. The Kier molecular flexibility index (Phi) is 5.16. The predicted octanol–water partition coefficient (Wildman–Crippen LogP) is 2.07. The molecule has 1 heterocycles. The minimum Gasteiger partial charge on any atom is -0.374 e. The lowest BCUT2D eigenvalue weighted by Gasteiger charge is -2.35. The number of rotatable bonds is 4. The van der Waals surface area contributed by atoms with Crippen molar-refractivity contribution in [3.8, 4) is 0 Å². The zero-order valence-electron chi connectivity index (χ0n) is 11.1. The topological polar surface area (TPSA) is 38.5 Å². The molecule has 0 aliphatic carbocycles. The van der Waals surface area contributed by atoms with Crippen molar-refractivity contribution in [1.82, 2.24) is 4.90 Å². The van der Waals surface area contributed by atoms with Gasteiger partial charge in [-0.15, -0.1) is 0 Å². The molecule has 1 saturated heterocycles. The minimum atomic E-state index is -0.300. The summed E-state index contributed by atoms with van der Waals surface area (Å²) in [6, 6.07) is 4.45. The lowest BCUT2D eigenvalue weighted by Crippen LogP contribution is -2.51. The van der Waals surface area contributed by atoms with Crippen LogP contribution in [0.5, 0.6) is 0 Å². The fourth-order valence-electron chi connectivity index (χ4n) is 2.37. The number of hydrogen-bond donors (Lipinski definition) is 1. The van der Waals surface area contributed by atoms with E-state index in [-0.39, 0.29) is 18.0 Å². The van der Waals surface area contributed by atoms with Gasteiger partial charge >= 0.3 is 0 Å². The number of benzene rings is 1. The van der Waals surface area contributed by atoms with Crippen LogP contribution in [-0.4, -0.2) is 43.3 Å². The molecule has 5 heteroatoms. The molecule has 1 aromatic carbocycles. The van der Waals surface area contributed by atoms with E-state index in [1.807, 2.05) is 0 Å². The first kappa shape index (κ1) is 14.7. The van der Waals surface area contributed by atoms with Crippen LogP contribution in [0.2, 0.25) is 5.02 Å². The van der Waals surface area contributed by atoms with Crippen molar-refractivity contribution in [2.45, 2.75) is 25.5 Å². The van der Waals surface area contributed by atoms with E-state index < -0.39 is 0 Å². The highest BCUT2D eigenvalue weighted by molar-refractivity contribution is 6.31. The van der Waals surface area contributed by atoms with Gasteiger partial charge in [0, 0.05) is 29.7 Å². The molecule has 0 saturated carbocycles. The second kappa shape index (κ2) is 6.66.